The second kappa shape index (κ2) is 16.3. The molecule has 1 atom stereocenters. The molecule has 210 valence electrons. The monoisotopic (exact) mass is 510 g/mol. The first-order chi connectivity index (χ1) is 18.2. The summed E-state index contributed by atoms with van der Waals surface area (Å²) in [6, 6.07) is 9.88. The van der Waals surface area contributed by atoms with E-state index in [1.54, 1.807) is 0 Å². The number of hydrogen-bond acceptors (Lipinski definition) is 0. The Bertz CT molecular complexity index is 689. The Hall–Kier alpha value is -0.850. The molecule has 1 heteroatoms. The smallest absolute Gasteiger partial charge is 0.128 e. The van der Waals surface area contributed by atoms with Crippen LogP contribution in [0.4, 0.5) is 4.39 Å². The average molecular weight is 511 g/mol. The van der Waals surface area contributed by atoms with E-state index in [1.807, 2.05) is 30.3 Å². The summed E-state index contributed by atoms with van der Waals surface area (Å²) in [5.41, 5.74) is 0.893. The van der Waals surface area contributed by atoms with Crippen molar-refractivity contribution in [2.45, 2.75) is 154 Å². The lowest BCUT2D eigenvalue weighted by atomic mass is 9.67. The molecular formula is C36H59F. The number of unbranched alkanes of at least 4 members (excludes halogenated alkanes) is 6. The highest BCUT2D eigenvalue weighted by molar-refractivity contribution is 5.18. The number of alkyl halides is 1. The van der Waals surface area contributed by atoms with Gasteiger partial charge >= 0.3 is 0 Å². The van der Waals surface area contributed by atoms with Crippen molar-refractivity contribution in [3.05, 3.63) is 35.9 Å². The van der Waals surface area contributed by atoms with Crippen molar-refractivity contribution in [3.8, 4) is 0 Å². The van der Waals surface area contributed by atoms with E-state index in [-0.39, 0.29) is 5.92 Å². The molecule has 0 heterocycles. The molecule has 0 spiro atoms. The summed E-state index contributed by atoms with van der Waals surface area (Å²) in [7, 11) is 0. The molecule has 1 aromatic rings. The van der Waals surface area contributed by atoms with Gasteiger partial charge in [-0.1, -0.05) is 140 Å². The Labute approximate surface area is 230 Å². The molecule has 0 nitrogen and oxygen atoms in total. The summed E-state index contributed by atoms with van der Waals surface area (Å²) in [4.78, 5) is 0. The van der Waals surface area contributed by atoms with Crippen molar-refractivity contribution in [2.75, 3.05) is 0 Å². The molecule has 3 saturated carbocycles. The summed E-state index contributed by atoms with van der Waals surface area (Å²) in [5.74, 6) is 5.26. The number of rotatable bonds is 14. The maximum absolute atomic E-state index is 15.0. The molecule has 4 rings (SSSR count). The van der Waals surface area contributed by atoms with Crippen LogP contribution in [0.25, 0.3) is 0 Å². The second-order valence-electron chi connectivity index (χ2n) is 13.6. The van der Waals surface area contributed by atoms with Gasteiger partial charge in [0.05, 0.1) is 0 Å². The first-order valence-corrected chi connectivity index (χ1v) is 16.9. The predicted molar refractivity (Wildman–Crippen MR) is 158 cm³/mol. The maximum Gasteiger partial charge on any atom is 0.128 e. The second-order valence-corrected chi connectivity index (χ2v) is 13.6. The first kappa shape index (κ1) is 29.1. The molecule has 0 amide bonds. The van der Waals surface area contributed by atoms with Crippen molar-refractivity contribution < 1.29 is 4.39 Å². The van der Waals surface area contributed by atoms with E-state index in [0.29, 0.717) is 0 Å². The maximum atomic E-state index is 15.0. The van der Waals surface area contributed by atoms with Gasteiger partial charge in [-0.3, -0.25) is 0 Å². The summed E-state index contributed by atoms with van der Waals surface area (Å²) in [6.07, 6.45) is 30.7. The van der Waals surface area contributed by atoms with E-state index >= 15 is 0 Å². The van der Waals surface area contributed by atoms with Crippen LogP contribution in [0.15, 0.2) is 30.3 Å². The lowest BCUT2D eigenvalue weighted by molar-refractivity contribution is 0.129. The van der Waals surface area contributed by atoms with Crippen molar-refractivity contribution in [3.63, 3.8) is 0 Å². The van der Waals surface area contributed by atoms with Crippen LogP contribution in [0.3, 0.4) is 0 Å². The van der Waals surface area contributed by atoms with Gasteiger partial charge in [-0.05, 0) is 79.6 Å². The van der Waals surface area contributed by atoms with Crippen LogP contribution in [-0.2, 0) is 0 Å². The zero-order chi connectivity index (χ0) is 25.7. The van der Waals surface area contributed by atoms with Gasteiger partial charge in [0.1, 0.15) is 6.17 Å². The third kappa shape index (κ3) is 9.69. The zero-order valence-corrected chi connectivity index (χ0v) is 24.4. The van der Waals surface area contributed by atoms with Crippen molar-refractivity contribution in [1.82, 2.24) is 0 Å². The fraction of sp³-hybridized carbons (Fsp3) is 0.833. The van der Waals surface area contributed by atoms with E-state index in [9.17, 15) is 4.39 Å². The first-order valence-electron chi connectivity index (χ1n) is 16.9. The molecule has 0 aromatic heterocycles. The van der Waals surface area contributed by atoms with Crippen LogP contribution >= 0.6 is 0 Å². The van der Waals surface area contributed by atoms with Gasteiger partial charge < -0.3 is 0 Å². The van der Waals surface area contributed by atoms with Crippen LogP contribution in [0, 0.1) is 35.5 Å². The SMILES string of the molecule is CCCCCCCCCC1CCC(C2CCC(CCC3CCC(C(F)c4ccccc4)CC3)CC2)CC1. The van der Waals surface area contributed by atoms with E-state index in [0.717, 1.165) is 48.0 Å². The van der Waals surface area contributed by atoms with Crippen LogP contribution in [0.5, 0.6) is 0 Å². The third-order valence-corrected chi connectivity index (χ3v) is 11.1. The Morgan fingerprint density at radius 3 is 1.57 bits per heavy atom. The Morgan fingerprint density at radius 1 is 0.568 bits per heavy atom. The number of hydrogen-bond donors (Lipinski definition) is 0. The lowest BCUT2D eigenvalue weighted by Gasteiger charge is -2.38. The molecule has 1 unspecified atom stereocenters. The van der Waals surface area contributed by atoms with Crippen LogP contribution < -0.4 is 0 Å². The number of benzene rings is 1. The average Bonchev–Trinajstić information content (AvgIpc) is 2.96. The quantitative estimate of drug-likeness (QED) is 0.218. The minimum Gasteiger partial charge on any atom is -0.242 e. The minimum absolute atomic E-state index is 0.250. The molecule has 1 aromatic carbocycles. The van der Waals surface area contributed by atoms with Gasteiger partial charge in [-0.15, -0.1) is 0 Å². The zero-order valence-electron chi connectivity index (χ0n) is 24.4. The van der Waals surface area contributed by atoms with E-state index in [1.165, 1.54) is 128 Å². The Morgan fingerprint density at radius 2 is 1.03 bits per heavy atom. The largest absolute Gasteiger partial charge is 0.242 e. The van der Waals surface area contributed by atoms with Crippen molar-refractivity contribution in [2.24, 2.45) is 35.5 Å². The standard InChI is InChI=1S/C36H59F/c1-2-3-4-5-6-7-9-12-29-17-23-32(24-18-29)33-25-19-30(20-26-33)15-16-31-21-27-35(28-22-31)36(37)34-13-10-8-11-14-34/h8,10-11,13-14,29-33,35-36H,2-7,9,12,15-28H2,1H3. The molecule has 3 fully saturated rings. The Kier molecular flexibility index (Phi) is 12.8. The van der Waals surface area contributed by atoms with Crippen LogP contribution in [0.2, 0.25) is 0 Å². The Balaban J connectivity index is 1.03. The summed E-state index contributed by atoms with van der Waals surface area (Å²) in [5, 5.41) is 0. The molecule has 0 radical (unpaired) electrons. The normalized spacial score (nSPS) is 31.7. The highest BCUT2D eigenvalue weighted by Gasteiger charge is 2.32. The lowest BCUT2D eigenvalue weighted by Crippen LogP contribution is -2.26. The van der Waals surface area contributed by atoms with Gasteiger partial charge in [0, 0.05) is 0 Å². The van der Waals surface area contributed by atoms with Gasteiger partial charge in [0.25, 0.3) is 0 Å². The van der Waals surface area contributed by atoms with Gasteiger partial charge in [-0.25, -0.2) is 4.39 Å². The molecule has 0 bridgehead atoms. The molecule has 0 N–H and O–H groups in total. The van der Waals surface area contributed by atoms with Crippen molar-refractivity contribution >= 4 is 0 Å². The molecule has 0 saturated heterocycles. The molecular weight excluding hydrogens is 451 g/mol. The minimum atomic E-state index is -0.757. The highest BCUT2D eigenvalue weighted by Crippen LogP contribution is 2.45. The van der Waals surface area contributed by atoms with Crippen molar-refractivity contribution in [1.29, 1.82) is 0 Å². The van der Waals surface area contributed by atoms with Gasteiger partial charge in [-0.2, -0.15) is 0 Å². The molecule has 37 heavy (non-hydrogen) atoms. The van der Waals surface area contributed by atoms with E-state index < -0.39 is 6.17 Å². The third-order valence-electron chi connectivity index (χ3n) is 11.1. The fourth-order valence-electron chi connectivity index (χ4n) is 8.44. The highest BCUT2D eigenvalue weighted by atomic mass is 19.1. The summed E-state index contributed by atoms with van der Waals surface area (Å²) < 4.78 is 15.0. The fourth-order valence-corrected chi connectivity index (χ4v) is 8.44. The molecule has 0 aliphatic heterocycles. The van der Waals surface area contributed by atoms with Gasteiger partial charge in [0.2, 0.25) is 0 Å². The van der Waals surface area contributed by atoms with Crippen LogP contribution in [0.1, 0.15) is 160 Å². The molecule has 3 aliphatic carbocycles. The summed E-state index contributed by atoms with van der Waals surface area (Å²) >= 11 is 0. The van der Waals surface area contributed by atoms with E-state index in [4.69, 9.17) is 0 Å². The predicted octanol–water partition coefficient (Wildman–Crippen LogP) is 12.0. The number of halogens is 1. The van der Waals surface area contributed by atoms with Gasteiger partial charge in [0.15, 0.2) is 0 Å². The summed E-state index contributed by atoms with van der Waals surface area (Å²) in [6.45, 7) is 2.31. The molecule has 3 aliphatic rings. The van der Waals surface area contributed by atoms with E-state index in [2.05, 4.69) is 6.92 Å². The topological polar surface area (TPSA) is 0 Å². The van der Waals surface area contributed by atoms with Crippen LogP contribution in [-0.4, -0.2) is 0 Å².